The maximum absolute atomic E-state index is 12.8. The number of benzene rings is 1. The third-order valence-corrected chi connectivity index (χ3v) is 3.46. The number of halogens is 1. The zero-order valence-electron chi connectivity index (χ0n) is 12.7. The predicted molar refractivity (Wildman–Crippen MR) is 80.9 cm³/mol. The lowest BCUT2D eigenvalue weighted by Gasteiger charge is -2.10. The molecule has 0 fully saturated rings. The molecular formula is C17H20FNO3. The molecule has 4 nitrogen and oxygen atoms in total. The van der Waals surface area contributed by atoms with E-state index in [4.69, 9.17) is 4.42 Å². The quantitative estimate of drug-likeness (QED) is 0.862. The maximum Gasteiger partial charge on any atom is 0.224 e. The van der Waals surface area contributed by atoms with E-state index in [1.165, 1.54) is 12.1 Å². The number of nitrogens with one attached hydrogen (secondary N) is 1. The Bertz CT molecular complexity index is 634. The van der Waals surface area contributed by atoms with Crippen LogP contribution in [0.2, 0.25) is 0 Å². The van der Waals surface area contributed by atoms with E-state index in [0.29, 0.717) is 18.7 Å². The van der Waals surface area contributed by atoms with E-state index in [-0.39, 0.29) is 18.1 Å². The molecule has 1 heterocycles. The van der Waals surface area contributed by atoms with E-state index in [1.54, 1.807) is 25.1 Å². The Kier molecular flexibility index (Phi) is 5.33. The third-order valence-electron chi connectivity index (χ3n) is 3.46. The molecule has 2 aromatic rings. The van der Waals surface area contributed by atoms with Crippen LogP contribution in [0.3, 0.4) is 0 Å². The summed E-state index contributed by atoms with van der Waals surface area (Å²) in [7, 11) is 0. The van der Waals surface area contributed by atoms with Crippen LogP contribution in [0.15, 0.2) is 34.7 Å². The second kappa shape index (κ2) is 7.22. The van der Waals surface area contributed by atoms with Gasteiger partial charge in [-0.15, -0.1) is 0 Å². The van der Waals surface area contributed by atoms with Crippen LogP contribution in [-0.4, -0.2) is 17.6 Å². The summed E-state index contributed by atoms with van der Waals surface area (Å²) in [5.41, 5.74) is 1.51. The Morgan fingerprint density at radius 2 is 2.00 bits per heavy atom. The van der Waals surface area contributed by atoms with Gasteiger partial charge in [0.25, 0.3) is 0 Å². The van der Waals surface area contributed by atoms with E-state index in [2.05, 4.69) is 5.32 Å². The third kappa shape index (κ3) is 4.43. The minimum Gasteiger partial charge on any atom is -0.466 e. The summed E-state index contributed by atoms with van der Waals surface area (Å²) in [4.78, 5) is 11.8. The molecule has 5 heteroatoms. The summed E-state index contributed by atoms with van der Waals surface area (Å²) in [6.07, 6.45) is -0.0570. The Balaban J connectivity index is 1.77. The molecule has 0 aliphatic rings. The highest BCUT2D eigenvalue weighted by molar-refractivity contribution is 5.78. The topological polar surface area (TPSA) is 62.5 Å². The first-order valence-corrected chi connectivity index (χ1v) is 7.22. The number of furan rings is 1. The molecule has 0 spiro atoms. The first kappa shape index (κ1) is 16.2. The fraction of sp³-hybridized carbons (Fsp3) is 0.353. The minimum atomic E-state index is -0.663. The SMILES string of the molecule is Cc1cc(C(O)CCNC(=O)Cc2ccc(F)cc2)c(C)o1. The number of aryl methyl sites for hydroxylation is 2. The summed E-state index contributed by atoms with van der Waals surface area (Å²) in [6.45, 7) is 4.00. The molecule has 1 aromatic carbocycles. The van der Waals surface area contributed by atoms with Crippen LogP contribution in [0.4, 0.5) is 4.39 Å². The van der Waals surface area contributed by atoms with Crippen LogP contribution in [0.25, 0.3) is 0 Å². The number of rotatable bonds is 6. The zero-order chi connectivity index (χ0) is 16.1. The van der Waals surface area contributed by atoms with E-state index in [1.807, 2.05) is 6.92 Å². The highest BCUT2D eigenvalue weighted by atomic mass is 19.1. The van der Waals surface area contributed by atoms with Gasteiger partial charge in [-0.25, -0.2) is 4.39 Å². The van der Waals surface area contributed by atoms with Crippen molar-refractivity contribution in [2.24, 2.45) is 0 Å². The summed E-state index contributed by atoms with van der Waals surface area (Å²) >= 11 is 0. The van der Waals surface area contributed by atoms with Crippen LogP contribution in [0.1, 0.15) is 35.2 Å². The van der Waals surface area contributed by atoms with Crippen LogP contribution in [0, 0.1) is 19.7 Å². The number of carbonyl (C=O) groups excluding carboxylic acids is 1. The van der Waals surface area contributed by atoms with Crippen LogP contribution in [-0.2, 0) is 11.2 Å². The molecule has 1 atom stereocenters. The summed E-state index contributed by atoms with van der Waals surface area (Å²) in [5.74, 6) is 0.978. The van der Waals surface area contributed by atoms with Gasteiger partial charge in [0.2, 0.25) is 5.91 Å². The summed E-state index contributed by atoms with van der Waals surface area (Å²) in [6, 6.07) is 7.63. The van der Waals surface area contributed by atoms with Crippen molar-refractivity contribution < 1.29 is 18.7 Å². The van der Waals surface area contributed by atoms with Crippen molar-refractivity contribution in [3.8, 4) is 0 Å². The van der Waals surface area contributed by atoms with Gasteiger partial charge in [0.05, 0.1) is 12.5 Å². The van der Waals surface area contributed by atoms with Crippen molar-refractivity contribution in [2.75, 3.05) is 6.54 Å². The van der Waals surface area contributed by atoms with Crippen molar-refractivity contribution in [1.82, 2.24) is 5.32 Å². The average molecular weight is 305 g/mol. The van der Waals surface area contributed by atoms with Gasteiger partial charge in [-0.2, -0.15) is 0 Å². The number of aliphatic hydroxyl groups excluding tert-OH is 1. The van der Waals surface area contributed by atoms with Crippen LogP contribution in [0.5, 0.6) is 0 Å². The molecule has 0 saturated heterocycles. The van der Waals surface area contributed by atoms with Gasteiger partial charge in [0.1, 0.15) is 17.3 Å². The van der Waals surface area contributed by atoms with Gasteiger partial charge >= 0.3 is 0 Å². The molecule has 0 aliphatic carbocycles. The molecule has 22 heavy (non-hydrogen) atoms. The second-order valence-corrected chi connectivity index (χ2v) is 5.33. The Morgan fingerprint density at radius 3 is 2.59 bits per heavy atom. The maximum atomic E-state index is 12.8. The molecule has 1 unspecified atom stereocenters. The number of amides is 1. The summed E-state index contributed by atoms with van der Waals surface area (Å²) < 4.78 is 18.1. The number of carbonyl (C=O) groups is 1. The monoisotopic (exact) mass is 305 g/mol. The summed E-state index contributed by atoms with van der Waals surface area (Å²) in [5, 5.41) is 12.8. The lowest BCUT2D eigenvalue weighted by molar-refractivity contribution is -0.120. The fourth-order valence-electron chi connectivity index (χ4n) is 2.34. The zero-order valence-corrected chi connectivity index (χ0v) is 12.7. The fourth-order valence-corrected chi connectivity index (χ4v) is 2.34. The van der Waals surface area contributed by atoms with Crippen molar-refractivity contribution >= 4 is 5.91 Å². The molecule has 0 bridgehead atoms. The standard InChI is InChI=1S/C17H20FNO3/c1-11-9-15(12(2)22-11)16(20)7-8-19-17(21)10-13-3-5-14(18)6-4-13/h3-6,9,16,20H,7-8,10H2,1-2H3,(H,19,21). The van der Waals surface area contributed by atoms with Gasteiger partial charge in [-0.3, -0.25) is 4.79 Å². The molecule has 1 amide bonds. The highest BCUT2D eigenvalue weighted by Crippen LogP contribution is 2.23. The predicted octanol–water partition coefficient (Wildman–Crippen LogP) is 2.82. The van der Waals surface area contributed by atoms with Crippen molar-refractivity contribution in [3.05, 3.63) is 58.8 Å². The van der Waals surface area contributed by atoms with Crippen LogP contribution < -0.4 is 5.32 Å². The first-order chi connectivity index (χ1) is 10.5. The number of hydrogen-bond donors (Lipinski definition) is 2. The van der Waals surface area contributed by atoms with Crippen molar-refractivity contribution in [1.29, 1.82) is 0 Å². The van der Waals surface area contributed by atoms with Gasteiger partial charge in [-0.05, 0) is 44.0 Å². The van der Waals surface area contributed by atoms with Gasteiger partial charge in [-0.1, -0.05) is 12.1 Å². The molecule has 2 rings (SSSR count). The molecule has 2 N–H and O–H groups in total. The van der Waals surface area contributed by atoms with Gasteiger partial charge < -0.3 is 14.8 Å². The largest absolute Gasteiger partial charge is 0.466 e. The highest BCUT2D eigenvalue weighted by Gasteiger charge is 2.14. The van der Waals surface area contributed by atoms with Crippen molar-refractivity contribution in [3.63, 3.8) is 0 Å². The molecule has 0 radical (unpaired) electrons. The second-order valence-electron chi connectivity index (χ2n) is 5.33. The average Bonchev–Trinajstić information content (AvgIpc) is 2.80. The lowest BCUT2D eigenvalue weighted by atomic mass is 10.1. The molecule has 0 saturated carbocycles. The number of hydrogen-bond acceptors (Lipinski definition) is 3. The molecule has 1 aromatic heterocycles. The van der Waals surface area contributed by atoms with Crippen molar-refractivity contribution in [2.45, 2.75) is 32.8 Å². The normalized spacial score (nSPS) is 12.2. The Morgan fingerprint density at radius 1 is 1.32 bits per heavy atom. The van der Waals surface area contributed by atoms with E-state index >= 15 is 0 Å². The molecule has 118 valence electrons. The molecular weight excluding hydrogens is 285 g/mol. The van der Waals surface area contributed by atoms with E-state index in [0.717, 1.165) is 16.9 Å². The van der Waals surface area contributed by atoms with E-state index < -0.39 is 6.10 Å². The Hall–Kier alpha value is -2.14. The first-order valence-electron chi connectivity index (χ1n) is 7.22. The van der Waals surface area contributed by atoms with E-state index in [9.17, 15) is 14.3 Å². The number of aliphatic hydroxyl groups is 1. The lowest BCUT2D eigenvalue weighted by Crippen LogP contribution is -2.27. The van der Waals surface area contributed by atoms with Gasteiger partial charge in [0, 0.05) is 12.1 Å². The van der Waals surface area contributed by atoms with Gasteiger partial charge in [0.15, 0.2) is 0 Å². The van der Waals surface area contributed by atoms with Crippen LogP contribution >= 0.6 is 0 Å². The smallest absolute Gasteiger partial charge is 0.224 e. The Labute approximate surface area is 129 Å². The minimum absolute atomic E-state index is 0.154. The molecule has 0 aliphatic heterocycles.